The lowest BCUT2D eigenvalue weighted by Gasteiger charge is -2.11. The molecule has 0 aliphatic carbocycles. The minimum absolute atomic E-state index is 0.837. The highest BCUT2D eigenvalue weighted by Gasteiger charge is 2.23. The second-order valence-corrected chi connectivity index (χ2v) is 8.63. The van der Waals surface area contributed by atoms with E-state index in [0.717, 1.165) is 28.1 Å². The summed E-state index contributed by atoms with van der Waals surface area (Å²) < 4.78 is 10.3. The maximum atomic E-state index is 6.12. The summed E-state index contributed by atoms with van der Waals surface area (Å²) in [5.74, 6) is 1.77. The van der Waals surface area contributed by atoms with Crippen molar-refractivity contribution in [1.82, 2.24) is 0 Å². The Morgan fingerprint density at radius 1 is 1.32 bits per heavy atom. The number of benzene rings is 1. The van der Waals surface area contributed by atoms with Crippen molar-refractivity contribution in [2.24, 2.45) is 7.05 Å². The Labute approximate surface area is 160 Å². The minimum atomic E-state index is 0.837. The summed E-state index contributed by atoms with van der Waals surface area (Å²) in [5.41, 5.74) is 2.33. The molecule has 0 N–H and O–H groups in total. The minimum Gasteiger partial charge on any atom is -0.439 e. The van der Waals surface area contributed by atoms with Crippen LogP contribution in [0.2, 0.25) is 4.34 Å². The Morgan fingerprint density at radius 2 is 2.12 bits per heavy atom. The van der Waals surface area contributed by atoms with Gasteiger partial charge in [0.05, 0.1) is 5.69 Å². The maximum Gasteiger partial charge on any atom is 0.281 e. The van der Waals surface area contributed by atoms with Crippen LogP contribution in [0.25, 0.3) is 15.6 Å². The fourth-order valence-corrected chi connectivity index (χ4v) is 5.46. The van der Waals surface area contributed by atoms with Crippen LogP contribution in [-0.2, 0) is 7.05 Å². The highest BCUT2D eigenvalue weighted by Crippen LogP contribution is 2.38. The van der Waals surface area contributed by atoms with E-state index in [0.29, 0.717) is 0 Å². The van der Waals surface area contributed by atoms with Crippen molar-refractivity contribution in [3.05, 3.63) is 57.2 Å². The van der Waals surface area contributed by atoms with Gasteiger partial charge in [-0.3, -0.25) is 0 Å². The van der Waals surface area contributed by atoms with Gasteiger partial charge in [0.2, 0.25) is 5.88 Å². The fourth-order valence-electron chi connectivity index (χ4n) is 2.86. The van der Waals surface area contributed by atoms with Gasteiger partial charge in [-0.15, -0.1) is 0 Å². The molecule has 1 aliphatic rings. The van der Waals surface area contributed by atoms with E-state index >= 15 is 0 Å². The lowest BCUT2D eigenvalue weighted by Crippen LogP contribution is -2.28. The second kappa shape index (κ2) is 6.48. The highest BCUT2D eigenvalue weighted by atomic mass is 35.5. The lowest BCUT2D eigenvalue weighted by molar-refractivity contribution is -0.640. The lowest BCUT2D eigenvalue weighted by atomic mass is 10.2. The molecule has 25 heavy (non-hydrogen) atoms. The molecule has 1 aliphatic heterocycles. The van der Waals surface area contributed by atoms with Crippen LogP contribution < -0.4 is 14.2 Å². The molecule has 3 nitrogen and oxygen atoms in total. The van der Waals surface area contributed by atoms with Crippen molar-refractivity contribution in [1.29, 1.82) is 0 Å². The summed E-state index contributed by atoms with van der Waals surface area (Å²) in [6.45, 7) is 2.16. The number of ether oxygens (including phenoxy) is 1. The van der Waals surface area contributed by atoms with Crippen LogP contribution in [0.4, 0.5) is 5.69 Å². The summed E-state index contributed by atoms with van der Waals surface area (Å²) in [5, 5.41) is 1.21. The number of halogens is 1. The van der Waals surface area contributed by atoms with Gasteiger partial charge in [-0.05, 0) is 30.2 Å². The molecule has 0 atom stereocenters. The molecule has 3 heterocycles. The summed E-state index contributed by atoms with van der Waals surface area (Å²) in [6, 6.07) is 10.1. The SMILES string of the molecule is CCC(=Cc1sc2cc(Cl)sc2[n+]1C)C=C1Oc2ccccc2N1C. The van der Waals surface area contributed by atoms with Crippen LogP contribution in [0, 0.1) is 0 Å². The van der Waals surface area contributed by atoms with Crippen LogP contribution in [0.5, 0.6) is 5.75 Å². The molecule has 0 radical (unpaired) electrons. The highest BCUT2D eigenvalue weighted by molar-refractivity contribution is 7.28. The topological polar surface area (TPSA) is 16.4 Å². The van der Waals surface area contributed by atoms with Gasteiger partial charge in [0.1, 0.15) is 16.1 Å². The Kier molecular flexibility index (Phi) is 4.31. The van der Waals surface area contributed by atoms with Crippen LogP contribution in [0.15, 0.2) is 47.9 Å². The number of anilines is 1. The van der Waals surface area contributed by atoms with Gasteiger partial charge < -0.3 is 9.64 Å². The standard InChI is InChI=1S/C19H18ClN2OS2/c1-4-12(9-17-21(2)13-7-5-6-8-14(13)23-17)10-18-22(3)19-15(24-18)11-16(20)25-19/h5-11H,4H2,1-3H3/q+1. The number of nitrogens with zero attached hydrogens (tertiary/aromatic N) is 2. The number of fused-ring (bicyclic) bond motifs is 2. The van der Waals surface area contributed by atoms with E-state index in [1.54, 1.807) is 22.7 Å². The molecule has 0 spiro atoms. The van der Waals surface area contributed by atoms with E-state index in [1.807, 2.05) is 31.3 Å². The fraction of sp³-hybridized carbons (Fsp3) is 0.211. The van der Waals surface area contributed by atoms with Crippen molar-refractivity contribution in [3.63, 3.8) is 0 Å². The predicted molar refractivity (Wildman–Crippen MR) is 108 cm³/mol. The summed E-state index contributed by atoms with van der Waals surface area (Å²) >= 11 is 9.50. The first-order valence-electron chi connectivity index (χ1n) is 8.07. The number of hydrogen-bond acceptors (Lipinski definition) is 4. The van der Waals surface area contributed by atoms with Gasteiger partial charge in [0.15, 0.2) is 5.75 Å². The maximum absolute atomic E-state index is 6.12. The van der Waals surface area contributed by atoms with Gasteiger partial charge in [-0.1, -0.05) is 53.3 Å². The molecule has 0 saturated carbocycles. The number of aryl methyl sites for hydroxylation is 1. The number of para-hydroxylation sites is 2. The van der Waals surface area contributed by atoms with Gasteiger partial charge >= 0.3 is 0 Å². The molecular weight excluding hydrogens is 372 g/mol. The number of aromatic nitrogens is 1. The van der Waals surface area contributed by atoms with Gasteiger partial charge in [0, 0.05) is 19.2 Å². The van der Waals surface area contributed by atoms with E-state index in [4.69, 9.17) is 16.3 Å². The Hall–Kier alpha value is -1.82. The first-order chi connectivity index (χ1) is 12.1. The van der Waals surface area contributed by atoms with E-state index in [2.05, 4.69) is 41.7 Å². The molecule has 1 aromatic carbocycles. The number of allylic oxidation sites excluding steroid dienone is 2. The normalized spacial score (nSPS) is 15.9. The third-order valence-electron chi connectivity index (χ3n) is 4.30. The molecule has 0 fully saturated rings. The first kappa shape index (κ1) is 16.6. The van der Waals surface area contributed by atoms with E-state index in [-0.39, 0.29) is 0 Å². The van der Waals surface area contributed by atoms with Crippen molar-refractivity contribution in [3.8, 4) is 5.75 Å². The number of rotatable bonds is 3. The van der Waals surface area contributed by atoms with Crippen molar-refractivity contribution >= 4 is 55.6 Å². The molecule has 6 heteroatoms. The molecule has 128 valence electrons. The zero-order valence-electron chi connectivity index (χ0n) is 14.2. The average molecular weight is 390 g/mol. The Bertz CT molecular complexity index is 1020. The van der Waals surface area contributed by atoms with Crippen LogP contribution in [-0.4, -0.2) is 7.05 Å². The van der Waals surface area contributed by atoms with Crippen LogP contribution in [0.3, 0.4) is 0 Å². The van der Waals surface area contributed by atoms with Gasteiger partial charge in [-0.2, -0.15) is 4.57 Å². The molecular formula is C19H18ClN2OS2+. The first-order valence-corrected chi connectivity index (χ1v) is 10.1. The Balaban J connectivity index is 1.69. The predicted octanol–water partition coefficient (Wildman–Crippen LogP) is 5.60. The molecule has 2 aromatic heterocycles. The molecule has 0 amide bonds. The second-order valence-electron chi connectivity index (χ2n) is 5.90. The summed E-state index contributed by atoms with van der Waals surface area (Å²) in [7, 11) is 4.13. The average Bonchev–Trinajstić information content (AvgIpc) is 3.21. The zero-order chi connectivity index (χ0) is 17.6. The third kappa shape index (κ3) is 2.97. The monoisotopic (exact) mass is 389 g/mol. The molecule has 0 saturated heterocycles. The largest absolute Gasteiger partial charge is 0.439 e. The van der Waals surface area contributed by atoms with Gasteiger partial charge in [0.25, 0.3) is 9.84 Å². The van der Waals surface area contributed by atoms with Crippen molar-refractivity contribution in [2.45, 2.75) is 13.3 Å². The van der Waals surface area contributed by atoms with E-state index < -0.39 is 0 Å². The zero-order valence-corrected chi connectivity index (χ0v) is 16.6. The number of hydrogen-bond donors (Lipinski definition) is 0. The number of thiophene rings is 1. The van der Waals surface area contributed by atoms with E-state index in [1.165, 1.54) is 20.1 Å². The summed E-state index contributed by atoms with van der Waals surface area (Å²) in [4.78, 5) is 3.30. The van der Waals surface area contributed by atoms with Crippen molar-refractivity contribution in [2.75, 3.05) is 11.9 Å². The smallest absolute Gasteiger partial charge is 0.281 e. The van der Waals surface area contributed by atoms with E-state index in [9.17, 15) is 0 Å². The number of thiazole rings is 1. The van der Waals surface area contributed by atoms with Crippen LogP contribution >= 0.6 is 34.3 Å². The molecule has 4 rings (SSSR count). The molecule has 0 unspecified atom stereocenters. The quantitative estimate of drug-likeness (QED) is 0.542. The molecule has 3 aromatic rings. The molecule has 0 bridgehead atoms. The van der Waals surface area contributed by atoms with Gasteiger partial charge in [-0.25, -0.2) is 0 Å². The van der Waals surface area contributed by atoms with Crippen molar-refractivity contribution < 1.29 is 9.30 Å². The third-order valence-corrected chi connectivity index (χ3v) is 6.90. The Morgan fingerprint density at radius 3 is 2.84 bits per heavy atom. The van der Waals surface area contributed by atoms with Crippen LogP contribution in [0.1, 0.15) is 18.4 Å². The summed E-state index contributed by atoms with van der Waals surface area (Å²) in [6.07, 6.45) is 5.29.